The molecule has 0 aliphatic carbocycles. The third kappa shape index (κ3) is 5.12. The summed E-state index contributed by atoms with van der Waals surface area (Å²) in [4.78, 5) is 0.0883. The molecule has 0 aromatic heterocycles. The fourth-order valence-corrected chi connectivity index (χ4v) is 3.11. The lowest BCUT2D eigenvalue weighted by atomic mass is 10.1. The second kappa shape index (κ2) is 7.63. The highest BCUT2D eigenvalue weighted by Crippen LogP contribution is 2.20. The number of halogens is 1. The second-order valence-corrected chi connectivity index (χ2v) is 7.22. The Morgan fingerprint density at radius 2 is 2.05 bits per heavy atom. The van der Waals surface area contributed by atoms with Crippen LogP contribution < -0.4 is 4.72 Å². The molecule has 0 amide bonds. The fraction of sp³-hybridized carbons (Fsp3) is 0.500. The zero-order valence-corrected chi connectivity index (χ0v) is 13.3. The number of unbranched alkanes of at least 4 members (excludes halogenated alkanes) is 1. The van der Waals surface area contributed by atoms with Crippen molar-refractivity contribution in [2.45, 2.75) is 38.0 Å². The largest absolute Gasteiger partial charge is 0.240 e. The van der Waals surface area contributed by atoms with Gasteiger partial charge in [0.05, 0.1) is 15.5 Å². The number of nitrogens with one attached hydrogen (secondary N) is 1. The molecule has 1 aromatic carbocycles. The zero-order chi connectivity index (χ0) is 15.2. The van der Waals surface area contributed by atoms with Gasteiger partial charge in [0.1, 0.15) is 6.07 Å². The Labute approximate surface area is 125 Å². The van der Waals surface area contributed by atoms with Crippen LogP contribution in [-0.2, 0) is 10.0 Å². The molecule has 1 rings (SSSR count). The minimum Gasteiger partial charge on any atom is -0.211 e. The zero-order valence-electron chi connectivity index (χ0n) is 11.7. The van der Waals surface area contributed by atoms with Crippen LogP contribution in [0.3, 0.4) is 0 Å². The van der Waals surface area contributed by atoms with Gasteiger partial charge in [-0.1, -0.05) is 38.3 Å². The average molecular weight is 315 g/mol. The van der Waals surface area contributed by atoms with Crippen LogP contribution in [0.15, 0.2) is 23.1 Å². The summed E-state index contributed by atoms with van der Waals surface area (Å²) < 4.78 is 26.6. The van der Waals surface area contributed by atoms with E-state index in [9.17, 15) is 8.42 Å². The van der Waals surface area contributed by atoms with Crippen LogP contribution in [0.1, 0.15) is 38.7 Å². The Kier molecular flexibility index (Phi) is 6.47. The monoisotopic (exact) mass is 314 g/mol. The van der Waals surface area contributed by atoms with Crippen LogP contribution in [-0.4, -0.2) is 15.0 Å². The van der Waals surface area contributed by atoms with Gasteiger partial charge in [0.15, 0.2) is 0 Å². The van der Waals surface area contributed by atoms with Gasteiger partial charge < -0.3 is 0 Å². The summed E-state index contributed by atoms with van der Waals surface area (Å²) in [6, 6.07) is 6.00. The van der Waals surface area contributed by atoms with Gasteiger partial charge in [0.2, 0.25) is 10.0 Å². The molecule has 4 nitrogen and oxygen atoms in total. The van der Waals surface area contributed by atoms with Crippen molar-refractivity contribution in [2.75, 3.05) is 6.54 Å². The van der Waals surface area contributed by atoms with Crippen LogP contribution >= 0.6 is 11.6 Å². The maximum absolute atomic E-state index is 12.0. The van der Waals surface area contributed by atoms with Crippen molar-refractivity contribution in [3.8, 4) is 6.07 Å². The van der Waals surface area contributed by atoms with Gasteiger partial charge in [-0.15, -0.1) is 0 Å². The highest BCUT2D eigenvalue weighted by atomic mass is 35.5. The summed E-state index contributed by atoms with van der Waals surface area (Å²) in [5.74, 6) is 0.629. The van der Waals surface area contributed by atoms with Gasteiger partial charge in [0.25, 0.3) is 0 Å². The predicted molar refractivity (Wildman–Crippen MR) is 80.0 cm³/mol. The minimum atomic E-state index is -3.55. The molecule has 1 aromatic rings. The third-order valence-corrected chi connectivity index (χ3v) is 4.64. The number of sulfonamides is 1. The van der Waals surface area contributed by atoms with E-state index < -0.39 is 10.0 Å². The van der Waals surface area contributed by atoms with Gasteiger partial charge in [-0.05, 0) is 30.5 Å². The molecule has 0 aliphatic heterocycles. The van der Waals surface area contributed by atoms with Crippen molar-refractivity contribution in [1.29, 1.82) is 5.26 Å². The summed E-state index contributed by atoms with van der Waals surface area (Å²) in [5, 5.41) is 8.91. The van der Waals surface area contributed by atoms with Crippen LogP contribution in [0.4, 0.5) is 0 Å². The van der Waals surface area contributed by atoms with E-state index >= 15 is 0 Å². The van der Waals surface area contributed by atoms with Crippen LogP contribution in [0.5, 0.6) is 0 Å². The van der Waals surface area contributed by atoms with E-state index in [4.69, 9.17) is 16.9 Å². The molecule has 0 fully saturated rings. The number of nitrogens with zero attached hydrogens (tertiary/aromatic N) is 1. The van der Waals surface area contributed by atoms with E-state index in [0.29, 0.717) is 12.5 Å². The summed E-state index contributed by atoms with van der Waals surface area (Å²) in [6.07, 6.45) is 2.89. The highest BCUT2D eigenvalue weighted by molar-refractivity contribution is 7.89. The summed E-state index contributed by atoms with van der Waals surface area (Å²) in [7, 11) is -3.55. The van der Waals surface area contributed by atoms with E-state index in [-0.39, 0.29) is 15.5 Å². The van der Waals surface area contributed by atoms with E-state index in [1.54, 1.807) is 0 Å². The first-order valence-corrected chi connectivity index (χ1v) is 8.42. The van der Waals surface area contributed by atoms with Crippen molar-refractivity contribution in [1.82, 2.24) is 4.72 Å². The lowest BCUT2D eigenvalue weighted by Gasteiger charge is -2.08. The molecule has 0 radical (unpaired) electrons. The van der Waals surface area contributed by atoms with Gasteiger partial charge in [-0.2, -0.15) is 5.26 Å². The van der Waals surface area contributed by atoms with Crippen LogP contribution in [0, 0.1) is 17.2 Å². The van der Waals surface area contributed by atoms with E-state index in [2.05, 4.69) is 18.6 Å². The summed E-state index contributed by atoms with van der Waals surface area (Å²) >= 11 is 5.84. The fourth-order valence-electron chi connectivity index (χ4n) is 1.72. The van der Waals surface area contributed by atoms with Gasteiger partial charge >= 0.3 is 0 Å². The first-order valence-electron chi connectivity index (χ1n) is 6.56. The molecule has 1 N–H and O–H groups in total. The Hall–Kier alpha value is -1.09. The number of hydrogen-bond acceptors (Lipinski definition) is 3. The third-order valence-electron chi connectivity index (χ3n) is 2.87. The smallest absolute Gasteiger partial charge is 0.211 e. The van der Waals surface area contributed by atoms with Gasteiger partial charge in [-0.3, -0.25) is 0 Å². The quantitative estimate of drug-likeness (QED) is 0.785. The normalized spacial score (nSPS) is 11.6. The van der Waals surface area contributed by atoms with Gasteiger partial charge in [0, 0.05) is 6.54 Å². The molecule has 0 saturated heterocycles. The molecule has 0 aliphatic rings. The summed E-state index contributed by atoms with van der Waals surface area (Å²) in [6.45, 7) is 4.69. The number of nitriles is 1. The maximum atomic E-state index is 12.0. The predicted octanol–water partition coefficient (Wildman–Crippen LogP) is 3.32. The molecule has 0 unspecified atom stereocenters. The van der Waals surface area contributed by atoms with Gasteiger partial charge in [-0.25, -0.2) is 13.1 Å². The topological polar surface area (TPSA) is 70.0 Å². The van der Waals surface area contributed by atoms with Crippen molar-refractivity contribution < 1.29 is 8.42 Å². The molecule has 6 heteroatoms. The standard InChI is InChI=1S/C14H19ClN2O2S/c1-11(2)5-3-4-8-17-20(18,19)13-7-6-12(10-16)14(15)9-13/h6-7,9,11,17H,3-5,8H2,1-2H3. The molecule has 110 valence electrons. The molecular weight excluding hydrogens is 296 g/mol. The number of benzene rings is 1. The van der Waals surface area contributed by atoms with E-state index in [1.165, 1.54) is 18.2 Å². The summed E-state index contributed by atoms with van der Waals surface area (Å²) in [5.41, 5.74) is 0.266. The average Bonchev–Trinajstić information content (AvgIpc) is 2.37. The molecule has 0 heterocycles. The van der Waals surface area contributed by atoms with Crippen LogP contribution in [0.2, 0.25) is 5.02 Å². The molecule has 20 heavy (non-hydrogen) atoms. The number of hydrogen-bond donors (Lipinski definition) is 1. The van der Waals surface area contributed by atoms with Crippen LogP contribution in [0.25, 0.3) is 0 Å². The molecule has 0 spiro atoms. The SMILES string of the molecule is CC(C)CCCCNS(=O)(=O)c1ccc(C#N)c(Cl)c1. The number of rotatable bonds is 7. The first kappa shape index (κ1) is 17.0. The lowest BCUT2D eigenvalue weighted by molar-refractivity contribution is 0.530. The Morgan fingerprint density at radius 1 is 1.35 bits per heavy atom. The van der Waals surface area contributed by atoms with Crippen molar-refractivity contribution in [3.63, 3.8) is 0 Å². The molecule has 0 atom stereocenters. The van der Waals surface area contributed by atoms with E-state index in [0.717, 1.165) is 19.3 Å². The van der Waals surface area contributed by atoms with E-state index in [1.807, 2.05) is 6.07 Å². The van der Waals surface area contributed by atoms with Crippen molar-refractivity contribution >= 4 is 21.6 Å². The highest BCUT2D eigenvalue weighted by Gasteiger charge is 2.15. The van der Waals surface area contributed by atoms with Crippen molar-refractivity contribution in [2.24, 2.45) is 5.92 Å². The molecule has 0 saturated carbocycles. The maximum Gasteiger partial charge on any atom is 0.240 e. The second-order valence-electron chi connectivity index (χ2n) is 5.04. The Balaban J connectivity index is 2.61. The molecule has 0 bridgehead atoms. The Bertz CT molecular complexity index is 592. The lowest BCUT2D eigenvalue weighted by Crippen LogP contribution is -2.24. The minimum absolute atomic E-state index is 0.0883. The first-order chi connectivity index (χ1) is 9.36. The Morgan fingerprint density at radius 3 is 2.60 bits per heavy atom. The van der Waals surface area contributed by atoms with Crippen molar-refractivity contribution in [3.05, 3.63) is 28.8 Å². The molecular formula is C14H19ClN2O2S.